The minimum Gasteiger partial charge on any atom is -0.443 e. The third-order valence-electron chi connectivity index (χ3n) is 3.72. The Labute approximate surface area is 137 Å². The smallest absolute Gasteiger partial charge is 0.417 e. The number of β-lactam (4-membered cyclic amide) rings is 1. The van der Waals surface area contributed by atoms with E-state index in [-0.39, 0.29) is 17.9 Å². The molecular formula is C18H25NO4. The van der Waals surface area contributed by atoms with Gasteiger partial charge in [0, 0.05) is 13.2 Å². The Balaban J connectivity index is 2.17. The van der Waals surface area contributed by atoms with Gasteiger partial charge in [-0.3, -0.25) is 4.79 Å². The van der Waals surface area contributed by atoms with Gasteiger partial charge in [-0.05, 0) is 39.7 Å². The van der Waals surface area contributed by atoms with Gasteiger partial charge >= 0.3 is 6.09 Å². The van der Waals surface area contributed by atoms with Crippen LogP contribution >= 0.6 is 0 Å². The molecule has 0 radical (unpaired) electrons. The number of carbonyl (C=O) groups is 2. The molecule has 0 saturated carbocycles. The first-order valence-corrected chi connectivity index (χ1v) is 8.04. The summed E-state index contributed by atoms with van der Waals surface area (Å²) in [6.07, 6.45) is 0.0231. The molecule has 126 valence electrons. The van der Waals surface area contributed by atoms with Crippen molar-refractivity contribution >= 4 is 12.0 Å². The molecule has 1 aromatic carbocycles. The molecule has 1 fully saturated rings. The van der Waals surface area contributed by atoms with Crippen LogP contribution in [0.4, 0.5) is 4.79 Å². The van der Waals surface area contributed by atoms with Crippen molar-refractivity contribution in [2.24, 2.45) is 5.92 Å². The fourth-order valence-electron chi connectivity index (χ4n) is 2.73. The van der Waals surface area contributed by atoms with E-state index < -0.39 is 11.7 Å². The zero-order valence-electron chi connectivity index (χ0n) is 14.2. The maximum absolute atomic E-state index is 12.4. The molecule has 0 bridgehead atoms. The fraction of sp³-hybridized carbons (Fsp3) is 0.556. The van der Waals surface area contributed by atoms with Gasteiger partial charge in [-0.2, -0.15) is 0 Å². The lowest BCUT2D eigenvalue weighted by Crippen LogP contribution is -2.58. The first kappa shape index (κ1) is 17.5. The Morgan fingerprint density at radius 3 is 2.43 bits per heavy atom. The van der Waals surface area contributed by atoms with E-state index in [0.29, 0.717) is 19.6 Å². The van der Waals surface area contributed by atoms with Crippen LogP contribution in [0.1, 0.15) is 45.7 Å². The van der Waals surface area contributed by atoms with Gasteiger partial charge in [-0.1, -0.05) is 30.3 Å². The number of benzene rings is 1. The summed E-state index contributed by atoms with van der Waals surface area (Å²) >= 11 is 0. The number of hydrogen-bond acceptors (Lipinski definition) is 4. The highest BCUT2D eigenvalue weighted by Crippen LogP contribution is 2.42. The summed E-state index contributed by atoms with van der Waals surface area (Å²) in [6.45, 7) is 8.42. The lowest BCUT2D eigenvalue weighted by molar-refractivity contribution is -0.155. The van der Waals surface area contributed by atoms with Crippen LogP contribution in [0.25, 0.3) is 0 Å². The first-order valence-electron chi connectivity index (χ1n) is 8.04. The Morgan fingerprint density at radius 2 is 1.87 bits per heavy atom. The third kappa shape index (κ3) is 4.10. The number of hydrogen-bond donors (Lipinski definition) is 0. The van der Waals surface area contributed by atoms with E-state index in [0.717, 1.165) is 5.56 Å². The van der Waals surface area contributed by atoms with Crippen LogP contribution in [0.2, 0.25) is 0 Å². The summed E-state index contributed by atoms with van der Waals surface area (Å²) in [6, 6.07) is 9.32. The van der Waals surface area contributed by atoms with Crippen LogP contribution in [0.15, 0.2) is 30.3 Å². The topological polar surface area (TPSA) is 55.8 Å². The zero-order valence-corrected chi connectivity index (χ0v) is 14.2. The largest absolute Gasteiger partial charge is 0.443 e. The maximum atomic E-state index is 12.4. The molecule has 1 aromatic rings. The highest BCUT2D eigenvalue weighted by atomic mass is 16.6. The van der Waals surface area contributed by atoms with Crippen molar-refractivity contribution in [2.75, 3.05) is 13.2 Å². The summed E-state index contributed by atoms with van der Waals surface area (Å²) < 4.78 is 10.7. The molecule has 0 unspecified atom stereocenters. The maximum Gasteiger partial charge on any atom is 0.417 e. The summed E-state index contributed by atoms with van der Waals surface area (Å²) in [5, 5.41) is 0. The normalized spacial score (nSPS) is 21.0. The van der Waals surface area contributed by atoms with E-state index in [1.165, 1.54) is 4.90 Å². The van der Waals surface area contributed by atoms with E-state index in [1.54, 1.807) is 20.8 Å². The van der Waals surface area contributed by atoms with Crippen LogP contribution < -0.4 is 0 Å². The molecule has 0 N–H and O–H groups in total. The Kier molecular flexibility index (Phi) is 5.42. The molecule has 5 nitrogen and oxygen atoms in total. The molecular weight excluding hydrogens is 294 g/mol. The molecule has 1 aliphatic heterocycles. The molecule has 2 atom stereocenters. The van der Waals surface area contributed by atoms with Crippen LogP contribution in [0.3, 0.4) is 0 Å². The van der Waals surface area contributed by atoms with Gasteiger partial charge in [0.05, 0.1) is 12.0 Å². The van der Waals surface area contributed by atoms with E-state index in [9.17, 15) is 9.59 Å². The molecule has 1 saturated heterocycles. The highest BCUT2D eigenvalue weighted by Gasteiger charge is 2.52. The monoisotopic (exact) mass is 319 g/mol. The highest BCUT2D eigenvalue weighted by molar-refractivity contribution is 5.99. The number of likely N-dealkylation sites (tertiary alicyclic amines) is 1. The Hall–Kier alpha value is -1.88. The summed E-state index contributed by atoms with van der Waals surface area (Å²) in [5.74, 6) is -0.427. The van der Waals surface area contributed by atoms with Crippen molar-refractivity contribution in [3.63, 3.8) is 0 Å². The predicted octanol–water partition coefficient (Wildman–Crippen LogP) is 3.55. The molecule has 0 aromatic heterocycles. The van der Waals surface area contributed by atoms with E-state index in [2.05, 4.69) is 0 Å². The zero-order chi connectivity index (χ0) is 17.0. The number of ether oxygens (including phenoxy) is 2. The van der Waals surface area contributed by atoms with Gasteiger partial charge in [0.15, 0.2) is 0 Å². The summed E-state index contributed by atoms with van der Waals surface area (Å²) in [7, 11) is 0. The van der Waals surface area contributed by atoms with Crippen LogP contribution in [-0.4, -0.2) is 35.7 Å². The predicted molar refractivity (Wildman–Crippen MR) is 86.9 cm³/mol. The van der Waals surface area contributed by atoms with Crippen LogP contribution in [0.5, 0.6) is 0 Å². The number of amides is 2. The van der Waals surface area contributed by atoms with Crippen molar-refractivity contribution in [3.8, 4) is 0 Å². The number of nitrogens with zero attached hydrogens (tertiary/aromatic N) is 1. The van der Waals surface area contributed by atoms with E-state index in [1.807, 2.05) is 37.3 Å². The molecule has 2 rings (SSSR count). The second kappa shape index (κ2) is 7.13. The Bertz CT molecular complexity index is 550. The number of rotatable bonds is 5. The first-order chi connectivity index (χ1) is 10.8. The van der Waals surface area contributed by atoms with Crippen molar-refractivity contribution < 1.29 is 19.1 Å². The molecule has 1 heterocycles. The molecule has 2 amide bonds. The average Bonchev–Trinajstić information content (AvgIpc) is 2.47. The third-order valence-corrected chi connectivity index (χ3v) is 3.72. The lowest BCUT2D eigenvalue weighted by Gasteiger charge is -2.45. The minimum absolute atomic E-state index is 0.187. The van der Waals surface area contributed by atoms with Gasteiger partial charge in [0.1, 0.15) is 5.60 Å². The van der Waals surface area contributed by atoms with E-state index >= 15 is 0 Å². The van der Waals surface area contributed by atoms with Gasteiger partial charge < -0.3 is 9.47 Å². The minimum atomic E-state index is -0.630. The van der Waals surface area contributed by atoms with Gasteiger partial charge in [-0.15, -0.1) is 0 Å². The molecule has 5 heteroatoms. The SMILES string of the molecule is CCOCC[C@H]1C(=O)N(C(=O)OC(C)(C)C)[C@@H]1c1ccccc1. The molecule has 0 aliphatic carbocycles. The summed E-state index contributed by atoms with van der Waals surface area (Å²) in [4.78, 5) is 26.0. The molecule has 0 spiro atoms. The standard InChI is InChI=1S/C18H25NO4/c1-5-22-12-11-14-15(13-9-7-6-8-10-13)19(16(14)20)17(21)23-18(2,3)4/h6-10,14-15H,5,11-12H2,1-4H3/t14-,15-/m1/s1. The molecule has 1 aliphatic rings. The molecule has 23 heavy (non-hydrogen) atoms. The Morgan fingerprint density at radius 1 is 1.22 bits per heavy atom. The van der Waals surface area contributed by atoms with Gasteiger partial charge in [0.25, 0.3) is 0 Å². The van der Waals surface area contributed by atoms with Crippen LogP contribution in [-0.2, 0) is 14.3 Å². The van der Waals surface area contributed by atoms with Crippen molar-refractivity contribution in [3.05, 3.63) is 35.9 Å². The van der Waals surface area contributed by atoms with E-state index in [4.69, 9.17) is 9.47 Å². The van der Waals surface area contributed by atoms with Gasteiger partial charge in [0.2, 0.25) is 5.91 Å². The van der Waals surface area contributed by atoms with Crippen LogP contribution in [0, 0.1) is 5.92 Å². The second-order valence-electron chi connectivity index (χ2n) is 6.64. The van der Waals surface area contributed by atoms with Crippen molar-refractivity contribution in [1.29, 1.82) is 0 Å². The number of imide groups is 1. The fourth-order valence-corrected chi connectivity index (χ4v) is 2.73. The quantitative estimate of drug-likeness (QED) is 0.615. The lowest BCUT2D eigenvalue weighted by atomic mass is 9.81. The number of carbonyl (C=O) groups excluding carboxylic acids is 2. The van der Waals surface area contributed by atoms with Crippen molar-refractivity contribution in [1.82, 2.24) is 4.90 Å². The van der Waals surface area contributed by atoms with Crippen molar-refractivity contribution in [2.45, 2.75) is 45.8 Å². The second-order valence-corrected chi connectivity index (χ2v) is 6.64. The average molecular weight is 319 g/mol. The summed E-state index contributed by atoms with van der Waals surface area (Å²) in [5.41, 5.74) is 0.314. The van der Waals surface area contributed by atoms with Gasteiger partial charge in [-0.25, -0.2) is 9.69 Å².